The van der Waals surface area contributed by atoms with Crippen molar-refractivity contribution in [2.45, 2.75) is 33.8 Å². The Morgan fingerprint density at radius 2 is 2.07 bits per heavy atom. The fourth-order valence-electron chi connectivity index (χ4n) is 1.42. The summed E-state index contributed by atoms with van der Waals surface area (Å²) in [5, 5.41) is 0. The van der Waals surface area contributed by atoms with Gasteiger partial charge in [0.1, 0.15) is 5.75 Å². The molecule has 0 aliphatic rings. The quantitative estimate of drug-likeness (QED) is 0.721. The summed E-state index contributed by atoms with van der Waals surface area (Å²) in [5.41, 5.74) is 2.38. The molecule has 0 heterocycles. The molecule has 81 valence electrons. The Kier molecular flexibility index (Phi) is 3.96. The van der Waals surface area contributed by atoms with Gasteiger partial charge in [-0.2, -0.15) is 0 Å². The van der Waals surface area contributed by atoms with Crippen LogP contribution >= 0.6 is 0 Å². The van der Waals surface area contributed by atoms with Crippen LogP contribution in [0.15, 0.2) is 30.9 Å². The first-order chi connectivity index (χ1) is 7.04. The molecule has 0 aliphatic heterocycles. The first-order valence-corrected chi connectivity index (χ1v) is 5.28. The monoisotopic (exact) mass is 203 g/mol. The molecule has 0 aromatic heterocycles. The molecule has 0 atom stereocenters. The molecule has 0 unspecified atom stereocenters. The predicted octanol–water partition coefficient (Wildman–Crippen LogP) is 3.91. The van der Waals surface area contributed by atoms with Crippen molar-refractivity contribution in [2.75, 3.05) is 0 Å². The van der Waals surface area contributed by atoms with Crippen molar-refractivity contribution >= 4 is 0 Å². The minimum Gasteiger partial charge on any atom is -0.491 e. The molecule has 1 rings (SSSR count). The second kappa shape index (κ2) is 5.01. The van der Waals surface area contributed by atoms with Gasteiger partial charge in [0.15, 0.2) is 0 Å². The maximum atomic E-state index is 5.75. The van der Waals surface area contributed by atoms with Crippen molar-refractivity contribution < 1.29 is 4.74 Å². The van der Waals surface area contributed by atoms with Crippen molar-refractivity contribution in [1.29, 1.82) is 0 Å². The van der Waals surface area contributed by atoms with Crippen LogP contribution in [-0.2, 0) is 0 Å². The van der Waals surface area contributed by atoms with Crippen LogP contribution in [-0.4, -0.2) is 6.10 Å². The standard InChI is InChI=1S/C14H19O/c1-6-12(5)13-9-11(4)7-8-14(13)15-10(2)3/h6-10H,1H2,2-5H3. The van der Waals surface area contributed by atoms with Crippen molar-refractivity contribution in [3.8, 4) is 5.75 Å². The van der Waals surface area contributed by atoms with E-state index in [1.165, 1.54) is 5.56 Å². The van der Waals surface area contributed by atoms with Gasteiger partial charge in [0.2, 0.25) is 0 Å². The average Bonchev–Trinajstić information content (AvgIpc) is 2.19. The fourth-order valence-corrected chi connectivity index (χ4v) is 1.42. The Balaban J connectivity index is 3.08. The summed E-state index contributed by atoms with van der Waals surface area (Å²) in [6.07, 6.45) is 2.06. The molecular formula is C14H19O. The molecule has 0 saturated heterocycles. The van der Waals surface area contributed by atoms with Crippen LogP contribution < -0.4 is 4.74 Å². The van der Waals surface area contributed by atoms with Crippen LogP contribution in [0, 0.1) is 12.8 Å². The largest absolute Gasteiger partial charge is 0.491 e. The lowest BCUT2D eigenvalue weighted by atomic mass is 9.98. The van der Waals surface area contributed by atoms with Crippen LogP contribution in [0.4, 0.5) is 0 Å². The van der Waals surface area contributed by atoms with E-state index in [1.54, 1.807) is 0 Å². The number of rotatable bonds is 4. The summed E-state index contributed by atoms with van der Waals surface area (Å²) in [4.78, 5) is 0. The zero-order valence-electron chi connectivity index (χ0n) is 10.0. The smallest absolute Gasteiger partial charge is 0.123 e. The van der Waals surface area contributed by atoms with Crippen LogP contribution in [0.25, 0.3) is 0 Å². The maximum Gasteiger partial charge on any atom is 0.123 e. The Labute approximate surface area is 92.8 Å². The lowest BCUT2D eigenvalue weighted by Crippen LogP contribution is -2.08. The lowest BCUT2D eigenvalue weighted by Gasteiger charge is -2.17. The molecule has 0 N–H and O–H groups in total. The van der Waals surface area contributed by atoms with Gasteiger partial charge in [0, 0.05) is 11.5 Å². The third-order valence-electron chi connectivity index (χ3n) is 2.23. The molecular weight excluding hydrogens is 184 g/mol. The molecule has 0 amide bonds. The molecule has 0 bridgehead atoms. The summed E-state index contributed by atoms with van der Waals surface area (Å²) in [6, 6.07) is 6.23. The van der Waals surface area contributed by atoms with E-state index in [2.05, 4.69) is 32.6 Å². The van der Waals surface area contributed by atoms with Crippen LogP contribution in [0.5, 0.6) is 5.75 Å². The SMILES string of the molecule is C=C[C](C)c1cc(C)ccc1OC(C)C. The molecule has 1 aromatic carbocycles. The van der Waals surface area contributed by atoms with E-state index >= 15 is 0 Å². The van der Waals surface area contributed by atoms with E-state index in [-0.39, 0.29) is 6.10 Å². The number of ether oxygens (including phenoxy) is 1. The minimum atomic E-state index is 0.198. The van der Waals surface area contributed by atoms with Crippen molar-refractivity contribution in [3.05, 3.63) is 47.9 Å². The Bertz CT molecular complexity index is 339. The van der Waals surface area contributed by atoms with Crippen LogP contribution in [0.2, 0.25) is 0 Å². The van der Waals surface area contributed by atoms with Gasteiger partial charge < -0.3 is 4.74 Å². The maximum absolute atomic E-state index is 5.75. The average molecular weight is 203 g/mol. The minimum absolute atomic E-state index is 0.198. The predicted molar refractivity (Wildman–Crippen MR) is 65.2 cm³/mol. The number of hydrogen-bond acceptors (Lipinski definition) is 1. The van der Waals surface area contributed by atoms with Crippen LogP contribution in [0.3, 0.4) is 0 Å². The third kappa shape index (κ3) is 3.12. The summed E-state index contributed by atoms with van der Waals surface area (Å²) in [6.45, 7) is 12.0. The fraction of sp³-hybridized carbons (Fsp3) is 0.357. The topological polar surface area (TPSA) is 9.23 Å². The normalized spacial score (nSPS) is 10.8. The van der Waals surface area contributed by atoms with E-state index < -0.39 is 0 Å². The molecule has 0 fully saturated rings. The van der Waals surface area contributed by atoms with Gasteiger partial charge in [-0.05, 0) is 26.8 Å². The van der Waals surface area contributed by atoms with Gasteiger partial charge in [0.05, 0.1) is 6.10 Å². The molecule has 0 saturated carbocycles. The lowest BCUT2D eigenvalue weighted by molar-refractivity contribution is 0.241. The van der Waals surface area contributed by atoms with Gasteiger partial charge in [0.25, 0.3) is 0 Å². The number of benzene rings is 1. The molecule has 15 heavy (non-hydrogen) atoms. The second-order valence-electron chi connectivity index (χ2n) is 4.05. The highest BCUT2D eigenvalue weighted by Gasteiger charge is 2.10. The van der Waals surface area contributed by atoms with Gasteiger partial charge >= 0.3 is 0 Å². The first-order valence-electron chi connectivity index (χ1n) is 5.28. The number of aryl methyl sites for hydroxylation is 1. The van der Waals surface area contributed by atoms with Gasteiger partial charge in [-0.15, -0.1) is 6.58 Å². The molecule has 1 nitrogen and oxygen atoms in total. The highest BCUT2D eigenvalue weighted by Crippen LogP contribution is 2.28. The molecule has 1 aromatic rings. The third-order valence-corrected chi connectivity index (χ3v) is 2.23. The van der Waals surface area contributed by atoms with Gasteiger partial charge in [-0.25, -0.2) is 0 Å². The van der Waals surface area contributed by atoms with Crippen LogP contribution in [0.1, 0.15) is 31.9 Å². The molecule has 0 aliphatic carbocycles. The Morgan fingerprint density at radius 3 is 2.60 bits per heavy atom. The number of hydrogen-bond donors (Lipinski definition) is 0. The Morgan fingerprint density at radius 1 is 1.40 bits per heavy atom. The summed E-state index contributed by atoms with van der Waals surface area (Å²) < 4.78 is 5.75. The molecule has 1 radical (unpaired) electrons. The van der Waals surface area contributed by atoms with Crippen molar-refractivity contribution in [3.63, 3.8) is 0 Å². The second-order valence-corrected chi connectivity index (χ2v) is 4.05. The van der Waals surface area contributed by atoms with E-state index in [4.69, 9.17) is 4.74 Å². The highest BCUT2D eigenvalue weighted by atomic mass is 16.5. The first kappa shape index (κ1) is 11.8. The zero-order valence-corrected chi connectivity index (χ0v) is 10.0. The number of allylic oxidation sites excluding steroid dienone is 1. The van der Waals surface area contributed by atoms with E-state index in [0.29, 0.717) is 0 Å². The van der Waals surface area contributed by atoms with E-state index in [1.807, 2.05) is 26.0 Å². The van der Waals surface area contributed by atoms with Crippen molar-refractivity contribution in [1.82, 2.24) is 0 Å². The van der Waals surface area contributed by atoms with Crippen molar-refractivity contribution in [2.24, 2.45) is 0 Å². The summed E-state index contributed by atoms with van der Waals surface area (Å²) >= 11 is 0. The highest BCUT2D eigenvalue weighted by molar-refractivity contribution is 5.48. The Hall–Kier alpha value is -1.24. The van der Waals surface area contributed by atoms with Gasteiger partial charge in [-0.3, -0.25) is 0 Å². The van der Waals surface area contributed by atoms with Gasteiger partial charge in [-0.1, -0.05) is 30.7 Å². The van der Waals surface area contributed by atoms with E-state index in [0.717, 1.165) is 17.2 Å². The molecule has 1 heteroatoms. The van der Waals surface area contributed by atoms with E-state index in [9.17, 15) is 0 Å². The summed E-state index contributed by atoms with van der Waals surface area (Å²) in [5.74, 6) is 2.09. The zero-order chi connectivity index (χ0) is 11.4. The summed E-state index contributed by atoms with van der Waals surface area (Å²) in [7, 11) is 0. The molecule has 0 spiro atoms.